The molecule has 4 heteroatoms. The Bertz CT molecular complexity index is 533. The highest BCUT2D eigenvalue weighted by Crippen LogP contribution is 2.65. The fourth-order valence-electron chi connectivity index (χ4n) is 5.38. The van der Waals surface area contributed by atoms with Crippen molar-refractivity contribution in [3.63, 3.8) is 0 Å². The minimum Gasteiger partial charge on any atom is -0.481 e. The first-order valence-electron chi connectivity index (χ1n) is 8.31. The standard InChI is InChI=1S/C18H26O4/c1-12(19)5-6-14-16(2)8-4-9-17(3,15(20)21)13(16)7-10-18(14)11-22-18/h5-6,13-14H,4,7-11H2,1-3H3,(H,20,21)/b6-5+/t13-,14-,16+,17+,18-/m1/s1. The smallest absolute Gasteiger partial charge is 0.309 e. The number of carbonyl (C=O) groups is 2. The predicted octanol–water partition coefficient (Wildman–Crippen LogP) is 3.21. The third-order valence-corrected chi connectivity index (χ3v) is 6.64. The maximum absolute atomic E-state index is 11.9. The summed E-state index contributed by atoms with van der Waals surface area (Å²) in [6, 6.07) is 0. The summed E-state index contributed by atoms with van der Waals surface area (Å²) in [4.78, 5) is 23.3. The van der Waals surface area contributed by atoms with E-state index in [0.29, 0.717) is 0 Å². The minimum absolute atomic E-state index is 0.0401. The third kappa shape index (κ3) is 2.15. The summed E-state index contributed by atoms with van der Waals surface area (Å²) in [5, 5.41) is 9.80. The first kappa shape index (κ1) is 15.7. The van der Waals surface area contributed by atoms with Crippen LogP contribution in [0.3, 0.4) is 0 Å². The van der Waals surface area contributed by atoms with E-state index in [2.05, 4.69) is 6.92 Å². The molecule has 3 rings (SSSR count). The van der Waals surface area contributed by atoms with Crippen LogP contribution in [0.4, 0.5) is 0 Å². The number of carbonyl (C=O) groups excluding carboxylic acids is 1. The Kier molecular flexibility index (Phi) is 3.52. The maximum atomic E-state index is 11.9. The van der Waals surface area contributed by atoms with E-state index in [1.807, 2.05) is 13.0 Å². The van der Waals surface area contributed by atoms with Crippen LogP contribution in [-0.4, -0.2) is 29.1 Å². The van der Waals surface area contributed by atoms with Crippen molar-refractivity contribution in [2.45, 2.75) is 58.5 Å². The van der Waals surface area contributed by atoms with Gasteiger partial charge in [-0.05, 0) is 56.9 Å². The number of ether oxygens (including phenoxy) is 1. The number of fused-ring (bicyclic) bond motifs is 1. The van der Waals surface area contributed by atoms with Crippen molar-refractivity contribution in [2.75, 3.05) is 6.61 Å². The van der Waals surface area contributed by atoms with E-state index >= 15 is 0 Å². The zero-order valence-corrected chi connectivity index (χ0v) is 13.7. The van der Waals surface area contributed by atoms with Crippen molar-refractivity contribution in [3.05, 3.63) is 12.2 Å². The van der Waals surface area contributed by atoms with Gasteiger partial charge in [0.1, 0.15) is 0 Å². The van der Waals surface area contributed by atoms with Crippen LogP contribution in [-0.2, 0) is 14.3 Å². The molecule has 2 saturated carbocycles. The number of carboxylic acid groups (broad SMARTS) is 1. The highest BCUT2D eigenvalue weighted by molar-refractivity contribution is 5.87. The Balaban J connectivity index is 2.00. The lowest BCUT2D eigenvalue weighted by molar-refractivity contribution is -0.168. The van der Waals surface area contributed by atoms with Gasteiger partial charge in [0.25, 0.3) is 0 Å². The van der Waals surface area contributed by atoms with Gasteiger partial charge in [0, 0.05) is 5.92 Å². The second-order valence-electron chi connectivity index (χ2n) is 7.97. The molecule has 0 aromatic rings. The van der Waals surface area contributed by atoms with E-state index < -0.39 is 11.4 Å². The first-order chi connectivity index (χ1) is 10.2. The number of ketones is 1. The topological polar surface area (TPSA) is 66.9 Å². The average Bonchev–Trinajstić information content (AvgIpc) is 3.17. The van der Waals surface area contributed by atoms with Crippen LogP contribution >= 0.6 is 0 Å². The molecule has 0 amide bonds. The summed E-state index contributed by atoms with van der Waals surface area (Å²) in [5.41, 5.74) is -0.911. The number of carboxylic acids is 1. The number of hydrogen-bond donors (Lipinski definition) is 1. The molecule has 3 fully saturated rings. The summed E-state index contributed by atoms with van der Waals surface area (Å²) in [7, 11) is 0. The van der Waals surface area contributed by atoms with Crippen LogP contribution < -0.4 is 0 Å². The fraction of sp³-hybridized carbons (Fsp3) is 0.778. The molecule has 0 unspecified atom stereocenters. The van der Waals surface area contributed by atoms with Crippen molar-refractivity contribution in [1.82, 2.24) is 0 Å². The van der Waals surface area contributed by atoms with Gasteiger partial charge in [-0.1, -0.05) is 19.4 Å². The molecule has 4 nitrogen and oxygen atoms in total. The van der Waals surface area contributed by atoms with Gasteiger partial charge in [0.15, 0.2) is 5.78 Å². The van der Waals surface area contributed by atoms with Crippen molar-refractivity contribution in [2.24, 2.45) is 22.7 Å². The van der Waals surface area contributed by atoms with Crippen LogP contribution in [0.2, 0.25) is 0 Å². The molecule has 1 aliphatic heterocycles. The second-order valence-corrected chi connectivity index (χ2v) is 7.97. The summed E-state index contributed by atoms with van der Waals surface area (Å²) >= 11 is 0. The quantitative estimate of drug-likeness (QED) is 0.642. The molecule has 0 radical (unpaired) electrons. The van der Waals surface area contributed by atoms with E-state index in [9.17, 15) is 14.7 Å². The van der Waals surface area contributed by atoms with Gasteiger partial charge in [0.2, 0.25) is 0 Å². The number of aliphatic carboxylic acids is 1. The number of hydrogen-bond acceptors (Lipinski definition) is 3. The summed E-state index contributed by atoms with van der Waals surface area (Å²) in [5.74, 6) is -0.354. The summed E-state index contributed by atoms with van der Waals surface area (Å²) in [6.07, 6.45) is 8.16. The molecule has 1 saturated heterocycles. The number of epoxide rings is 1. The summed E-state index contributed by atoms with van der Waals surface area (Å²) in [6.45, 7) is 6.43. The van der Waals surface area contributed by atoms with E-state index in [0.717, 1.165) is 38.7 Å². The molecule has 1 N–H and O–H groups in total. The summed E-state index contributed by atoms with van der Waals surface area (Å²) < 4.78 is 5.81. The number of rotatable bonds is 3. The first-order valence-corrected chi connectivity index (χ1v) is 8.31. The molecule has 3 aliphatic rings. The van der Waals surface area contributed by atoms with Gasteiger partial charge in [-0.3, -0.25) is 9.59 Å². The van der Waals surface area contributed by atoms with Crippen LogP contribution in [0.1, 0.15) is 52.9 Å². The zero-order chi connectivity index (χ0) is 16.2. The minimum atomic E-state index is -0.676. The second kappa shape index (κ2) is 4.92. The molecule has 2 aliphatic carbocycles. The van der Waals surface area contributed by atoms with E-state index in [4.69, 9.17) is 4.74 Å². The molecular weight excluding hydrogens is 280 g/mol. The maximum Gasteiger partial charge on any atom is 0.309 e. The normalized spacial score (nSPS) is 47.4. The van der Waals surface area contributed by atoms with Crippen molar-refractivity contribution >= 4 is 11.8 Å². The molecular formula is C18H26O4. The zero-order valence-electron chi connectivity index (χ0n) is 13.7. The Morgan fingerprint density at radius 3 is 2.45 bits per heavy atom. The van der Waals surface area contributed by atoms with E-state index in [-0.39, 0.29) is 28.6 Å². The van der Waals surface area contributed by atoms with Crippen molar-refractivity contribution in [1.29, 1.82) is 0 Å². The molecule has 0 aromatic heterocycles. The SMILES string of the molecule is CC(=O)/C=C/[C@H]1[C@@]2(CC[C@@H]3[C@]1(C)CCC[C@]3(C)C(=O)O)CO2. The molecule has 22 heavy (non-hydrogen) atoms. The van der Waals surface area contributed by atoms with Crippen LogP contribution in [0.5, 0.6) is 0 Å². The lowest BCUT2D eigenvalue weighted by Gasteiger charge is -2.57. The molecule has 1 heterocycles. The van der Waals surface area contributed by atoms with Gasteiger partial charge in [0.05, 0.1) is 17.6 Å². The van der Waals surface area contributed by atoms with Gasteiger partial charge in [-0.15, -0.1) is 0 Å². The largest absolute Gasteiger partial charge is 0.481 e. The highest BCUT2D eigenvalue weighted by Gasteiger charge is 2.66. The third-order valence-electron chi connectivity index (χ3n) is 6.64. The van der Waals surface area contributed by atoms with E-state index in [1.54, 1.807) is 13.0 Å². The average molecular weight is 306 g/mol. The van der Waals surface area contributed by atoms with Gasteiger partial charge in [-0.25, -0.2) is 0 Å². The lowest BCUT2D eigenvalue weighted by atomic mass is 9.46. The molecule has 5 atom stereocenters. The van der Waals surface area contributed by atoms with Gasteiger partial charge >= 0.3 is 5.97 Å². The molecule has 0 bridgehead atoms. The van der Waals surface area contributed by atoms with Crippen LogP contribution in [0.15, 0.2) is 12.2 Å². The molecule has 1 spiro atoms. The molecule has 122 valence electrons. The molecule has 0 aromatic carbocycles. The predicted molar refractivity (Wildman–Crippen MR) is 82.4 cm³/mol. The van der Waals surface area contributed by atoms with Gasteiger partial charge < -0.3 is 9.84 Å². The van der Waals surface area contributed by atoms with E-state index in [1.165, 1.54) is 0 Å². The van der Waals surface area contributed by atoms with Gasteiger partial charge in [-0.2, -0.15) is 0 Å². The Morgan fingerprint density at radius 2 is 1.91 bits per heavy atom. The fourth-order valence-corrected chi connectivity index (χ4v) is 5.38. The Labute approximate surface area is 131 Å². The lowest BCUT2D eigenvalue weighted by Crippen LogP contribution is -2.56. The highest BCUT2D eigenvalue weighted by atomic mass is 16.6. The Hall–Kier alpha value is -1.16. The monoisotopic (exact) mass is 306 g/mol. The Morgan fingerprint density at radius 1 is 1.23 bits per heavy atom. The van der Waals surface area contributed by atoms with Crippen molar-refractivity contribution < 1.29 is 19.4 Å². The van der Waals surface area contributed by atoms with Crippen LogP contribution in [0.25, 0.3) is 0 Å². The van der Waals surface area contributed by atoms with Crippen molar-refractivity contribution in [3.8, 4) is 0 Å². The van der Waals surface area contributed by atoms with Crippen LogP contribution in [0, 0.1) is 22.7 Å². The number of allylic oxidation sites excluding steroid dienone is 1.